The summed E-state index contributed by atoms with van der Waals surface area (Å²) in [5.41, 5.74) is 6.77. The number of nitrogens with zero attached hydrogens (tertiary/aromatic N) is 2. The van der Waals surface area contributed by atoms with Crippen molar-refractivity contribution in [1.29, 1.82) is 0 Å². The van der Waals surface area contributed by atoms with E-state index in [1.54, 1.807) is 19.2 Å². The molecule has 0 bridgehead atoms. The molecule has 4 aromatic carbocycles. The Morgan fingerprint density at radius 3 is 1.75 bits per heavy atom. The molecular formula is C36H40Cl2N2O4. The van der Waals surface area contributed by atoms with Gasteiger partial charge in [0.2, 0.25) is 0 Å². The van der Waals surface area contributed by atoms with E-state index in [2.05, 4.69) is 92.1 Å². The second kappa shape index (κ2) is 14.5. The van der Waals surface area contributed by atoms with Crippen molar-refractivity contribution in [2.75, 3.05) is 49.9 Å². The number of benzene rings is 4. The van der Waals surface area contributed by atoms with Crippen LogP contribution in [0.5, 0.6) is 23.0 Å². The van der Waals surface area contributed by atoms with Crippen LogP contribution >= 0.6 is 23.2 Å². The van der Waals surface area contributed by atoms with E-state index in [9.17, 15) is 0 Å². The van der Waals surface area contributed by atoms with E-state index in [-0.39, 0.29) is 12.7 Å². The van der Waals surface area contributed by atoms with Crippen LogP contribution in [0.3, 0.4) is 0 Å². The van der Waals surface area contributed by atoms with Crippen molar-refractivity contribution in [2.24, 2.45) is 0 Å². The monoisotopic (exact) mass is 634 g/mol. The van der Waals surface area contributed by atoms with Gasteiger partial charge < -0.3 is 28.7 Å². The molecule has 0 amide bonds. The first-order valence-electron chi connectivity index (χ1n) is 15.2. The lowest BCUT2D eigenvalue weighted by molar-refractivity contribution is 0.0512. The molecule has 232 valence electrons. The molecule has 0 saturated heterocycles. The Morgan fingerprint density at radius 2 is 1.23 bits per heavy atom. The van der Waals surface area contributed by atoms with E-state index < -0.39 is 0 Å². The minimum atomic E-state index is -0.0398. The summed E-state index contributed by atoms with van der Waals surface area (Å²) in [6.45, 7) is 12.8. The summed E-state index contributed by atoms with van der Waals surface area (Å²) < 4.78 is 23.5. The Balaban J connectivity index is 1.55. The zero-order valence-electron chi connectivity index (χ0n) is 26.0. The normalized spacial score (nSPS) is 12.2. The maximum atomic E-state index is 6.69. The second-order valence-corrected chi connectivity index (χ2v) is 11.4. The first-order valence-corrected chi connectivity index (χ1v) is 15.9. The summed E-state index contributed by atoms with van der Waals surface area (Å²) in [5, 5.41) is 0.719. The van der Waals surface area contributed by atoms with Gasteiger partial charge in [-0.05, 0) is 51.0 Å². The number of hydrogen-bond acceptors (Lipinski definition) is 6. The van der Waals surface area contributed by atoms with Gasteiger partial charge in [0.15, 0.2) is 12.5 Å². The third kappa shape index (κ3) is 6.58. The lowest BCUT2D eigenvalue weighted by Gasteiger charge is -2.32. The predicted octanol–water partition coefficient (Wildman–Crippen LogP) is 9.53. The first kappa shape index (κ1) is 31.8. The maximum Gasteiger partial charge on any atom is 0.188 e. The summed E-state index contributed by atoms with van der Waals surface area (Å²) in [4.78, 5) is 4.67. The molecule has 0 fully saturated rings. The van der Waals surface area contributed by atoms with E-state index in [4.69, 9.17) is 42.1 Å². The molecule has 8 heteroatoms. The predicted molar refractivity (Wildman–Crippen MR) is 181 cm³/mol. The number of hydrogen-bond donors (Lipinski definition) is 0. The maximum absolute atomic E-state index is 6.69. The van der Waals surface area contributed by atoms with E-state index in [0.717, 1.165) is 71.3 Å². The summed E-state index contributed by atoms with van der Waals surface area (Å²) >= 11 is 12.9. The zero-order valence-corrected chi connectivity index (χ0v) is 27.5. The molecule has 0 spiro atoms. The molecule has 44 heavy (non-hydrogen) atoms. The molecule has 4 aromatic rings. The average molecular weight is 636 g/mol. The van der Waals surface area contributed by atoms with Crippen LogP contribution < -0.4 is 24.0 Å². The van der Waals surface area contributed by atoms with E-state index >= 15 is 0 Å². The molecule has 1 aliphatic rings. The van der Waals surface area contributed by atoms with Crippen molar-refractivity contribution >= 4 is 34.6 Å². The average Bonchev–Trinajstić information content (AvgIpc) is 3.03. The van der Waals surface area contributed by atoms with Gasteiger partial charge in [-0.2, -0.15) is 0 Å². The van der Waals surface area contributed by atoms with Crippen LogP contribution in [-0.4, -0.2) is 40.1 Å². The minimum Gasteiger partial charge on any atom is -0.489 e. The highest BCUT2D eigenvalue weighted by Crippen LogP contribution is 2.50. The lowest BCUT2D eigenvalue weighted by Crippen LogP contribution is -2.23. The number of ether oxygens (including phenoxy) is 4. The molecule has 6 nitrogen and oxygen atoms in total. The van der Waals surface area contributed by atoms with Gasteiger partial charge in [0, 0.05) is 86.0 Å². The zero-order chi connectivity index (χ0) is 31.2. The molecule has 0 unspecified atom stereocenters. The van der Waals surface area contributed by atoms with Crippen LogP contribution in [0.15, 0.2) is 72.8 Å². The van der Waals surface area contributed by atoms with Crippen molar-refractivity contribution in [3.63, 3.8) is 0 Å². The van der Waals surface area contributed by atoms with E-state index in [0.29, 0.717) is 28.2 Å². The quantitative estimate of drug-likeness (QED) is 0.120. The number of fused-ring (bicyclic) bond motifs is 2. The summed E-state index contributed by atoms with van der Waals surface area (Å²) in [6, 6.07) is 25.0. The highest BCUT2D eigenvalue weighted by Gasteiger charge is 2.31. The second-order valence-electron chi connectivity index (χ2n) is 10.6. The van der Waals surface area contributed by atoms with Crippen LogP contribution in [0.2, 0.25) is 10.0 Å². The van der Waals surface area contributed by atoms with Crippen LogP contribution in [0.4, 0.5) is 11.4 Å². The molecule has 0 radical (unpaired) electrons. The van der Waals surface area contributed by atoms with Crippen molar-refractivity contribution in [1.82, 2.24) is 0 Å². The molecule has 1 aliphatic heterocycles. The number of anilines is 2. The Kier molecular flexibility index (Phi) is 10.5. The molecule has 5 rings (SSSR count). The highest BCUT2D eigenvalue weighted by atomic mass is 35.5. The number of methoxy groups -OCH3 is 1. The van der Waals surface area contributed by atoms with Gasteiger partial charge >= 0.3 is 0 Å². The van der Waals surface area contributed by atoms with Crippen molar-refractivity contribution in [3.8, 4) is 23.0 Å². The number of rotatable bonds is 13. The SMILES string of the molecule is CCN(CC)c1ccc2c(c1)Oc1cc(N(CC)CC)ccc1C2c1ccccc1COc1cc(Cl)c(OCOC)c(Cl)c1. The summed E-state index contributed by atoms with van der Waals surface area (Å²) in [5.74, 6) is 2.64. The van der Waals surface area contributed by atoms with Gasteiger partial charge in [-0.1, -0.05) is 59.6 Å². The highest BCUT2D eigenvalue weighted by molar-refractivity contribution is 6.37. The van der Waals surface area contributed by atoms with Crippen molar-refractivity contribution in [3.05, 3.63) is 105 Å². The molecule has 0 N–H and O–H groups in total. The Labute approximate surface area is 271 Å². The third-order valence-corrected chi connectivity index (χ3v) is 8.71. The van der Waals surface area contributed by atoms with Gasteiger partial charge in [0.1, 0.15) is 23.9 Å². The molecule has 0 aromatic heterocycles. The first-order chi connectivity index (χ1) is 21.4. The molecule has 0 saturated carbocycles. The fourth-order valence-electron chi connectivity index (χ4n) is 5.88. The fraction of sp³-hybridized carbons (Fsp3) is 0.333. The lowest BCUT2D eigenvalue weighted by atomic mass is 9.80. The Hall–Kier alpha value is -3.58. The van der Waals surface area contributed by atoms with Gasteiger partial charge in [0.05, 0.1) is 10.0 Å². The minimum absolute atomic E-state index is 0.0398. The molecule has 0 atom stereocenters. The van der Waals surface area contributed by atoms with Crippen molar-refractivity contribution < 1.29 is 18.9 Å². The van der Waals surface area contributed by atoms with Gasteiger partial charge in [0.25, 0.3) is 0 Å². The van der Waals surface area contributed by atoms with Gasteiger partial charge in [-0.15, -0.1) is 0 Å². The van der Waals surface area contributed by atoms with Crippen LogP contribution in [0.1, 0.15) is 55.9 Å². The molecule has 1 heterocycles. The molecule has 0 aliphatic carbocycles. The Bertz CT molecular complexity index is 1500. The van der Waals surface area contributed by atoms with Crippen molar-refractivity contribution in [2.45, 2.75) is 40.2 Å². The largest absolute Gasteiger partial charge is 0.489 e. The fourth-order valence-corrected chi connectivity index (χ4v) is 6.45. The summed E-state index contributed by atoms with van der Waals surface area (Å²) in [7, 11) is 1.54. The van der Waals surface area contributed by atoms with Gasteiger partial charge in [-0.25, -0.2) is 0 Å². The summed E-state index contributed by atoms with van der Waals surface area (Å²) in [6.07, 6.45) is 0. The topological polar surface area (TPSA) is 43.4 Å². The van der Waals surface area contributed by atoms with Crippen LogP contribution in [0.25, 0.3) is 0 Å². The number of halogens is 2. The van der Waals surface area contributed by atoms with Crippen LogP contribution in [0, 0.1) is 0 Å². The van der Waals surface area contributed by atoms with Gasteiger partial charge in [-0.3, -0.25) is 0 Å². The molecular weight excluding hydrogens is 595 g/mol. The van der Waals surface area contributed by atoms with E-state index in [1.807, 2.05) is 6.07 Å². The standard InChI is InChI=1S/C36H40Cl2N2O4/c1-6-39(7-2)25-14-16-29-33(18-25)44-34-19-26(40(8-3)9-4)15-17-30(34)35(29)28-13-11-10-12-24(28)22-42-27-20-31(37)36(32(38)21-27)43-23-41-5/h10-21,35H,6-9,22-23H2,1-5H3. The smallest absolute Gasteiger partial charge is 0.188 e. The Morgan fingerprint density at radius 1 is 0.682 bits per heavy atom. The van der Waals surface area contributed by atoms with E-state index in [1.165, 1.54) is 0 Å². The van der Waals surface area contributed by atoms with Crippen LogP contribution in [-0.2, 0) is 11.3 Å². The third-order valence-electron chi connectivity index (χ3n) is 8.15.